The highest BCUT2D eigenvalue weighted by molar-refractivity contribution is 6.12. The fraction of sp³-hybridized carbons (Fsp3) is 0. The van der Waals surface area contributed by atoms with Crippen LogP contribution in [0.5, 0.6) is 0 Å². The van der Waals surface area contributed by atoms with Crippen LogP contribution in [0.4, 0.5) is 0 Å². The quantitative estimate of drug-likeness (QED) is 0.172. The Morgan fingerprint density at radius 2 is 0.821 bits per heavy atom. The molecular weight excluding hydrogens is 683 g/mol. The number of para-hydroxylation sites is 3. The third-order valence-corrected chi connectivity index (χ3v) is 10.8. The van der Waals surface area contributed by atoms with E-state index in [2.05, 4.69) is 167 Å². The first-order valence-electron chi connectivity index (χ1n) is 18.9. The lowest BCUT2D eigenvalue weighted by atomic mass is 10.0. The van der Waals surface area contributed by atoms with Crippen molar-refractivity contribution in [3.8, 4) is 56.4 Å². The van der Waals surface area contributed by atoms with Gasteiger partial charge in [-0.15, -0.1) is 0 Å². The van der Waals surface area contributed by atoms with Crippen molar-refractivity contribution in [2.45, 2.75) is 0 Å². The molecule has 0 N–H and O–H groups in total. The van der Waals surface area contributed by atoms with E-state index in [1.807, 2.05) is 42.6 Å². The van der Waals surface area contributed by atoms with Crippen LogP contribution in [-0.4, -0.2) is 24.1 Å². The predicted octanol–water partition coefficient (Wildman–Crippen LogP) is 12.7. The summed E-state index contributed by atoms with van der Waals surface area (Å²) in [4.78, 5) is 15.3. The molecule has 0 amide bonds. The third kappa shape index (κ3) is 5.29. The molecule has 11 rings (SSSR count). The predicted molar refractivity (Wildman–Crippen MR) is 230 cm³/mol. The lowest BCUT2D eigenvalue weighted by molar-refractivity contribution is 1.13. The topological polar surface area (TPSA) is 48.5 Å². The van der Waals surface area contributed by atoms with Crippen LogP contribution in [0.3, 0.4) is 0 Å². The second-order valence-electron chi connectivity index (χ2n) is 14.1. The van der Waals surface area contributed by atoms with Crippen LogP contribution in [0.1, 0.15) is 0 Å². The minimum atomic E-state index is 0.686. The molecule has 5 heteroatoms. The molecule has 56 heavy (non-hydrogen) atoms. The summed E-state index contributed by atoms with van der Waals surface area (Å²) in [5, 5.41) is 4.73. The highest BCUT2D eigenvalue weighted by atomic mass is 15.0. The number of fused-ring (bicyclic) bond motifs is 6. The molecule has 0 fully saturated rings. The van der Waals surface area contributed by atoms with E-state index in [0.717, 1.165) is 72.5 Å². The number of pyridine rings is 1. The zero-order chi connectivity index (χ0) is 37.0. The molecule has 11 aromatic rings. The summed E-state index contributed by atoms with van der Waals surface area (Å²) < 4.78 is 4.61. The molecular formula is C51H33N5. The Balaban J connectivity index is 1.01. The summed E-state index contributed by atoms with van der Waals surface area (Å²) in [6.45, 7) is 0. The number of hydrogen-bond acceptors (Lipinski definition) is 3. The van der Waals surface area contributed by atoms with E-state index in [1.165, 1.54) is 21.8 Å². The minimum Gasteiger partial charge on any atom is -0.309 e. The summed E-state index contributed by atoms with van der Waals surface area (Å²) in [6.07, 6.45) is 2.01. The lowest BCUT2D eigenvalue weighted by Gasteiger charge is -2.11. The van der Waals surface area contributed by atoms with Crippen LogP contribution in [0, 0.1) is 0 Å². The van der Waals surface area contributed by atoms with Gasteiger partial charge in [-0.25, -0.2) is 15.0 Å². The number of benzene rings is 7. The average molecular weight is 716 g/mol. The molecule has 262 valence electrons. The van der Waals surface area contributed by atoms with E-state index in [9.17, 15) is 0 Å². The van der Waals surface area contributed by atoms with Crippen molar-refractivity contribution in [2.75, 3.05) is 0 Å². The Bertz CT molecular complexity index is 3160. The van der Waals surface area contributed by atoms with E-state index >= 15 is 0 Å². The van der Waals surface area contributed by atoms with Gasteiger partial charge in [-0.05, 0) is 78.4 Å². The van der Waals surface area contributed by atoms with Crippen molar-refractivity contribution < 1.29 is 0 Å². The number of nitrogens with zero attached hydrogens (tertiary/aromatic N) is 5. The Kier molecular flexibility index (Phi) is 7.42. The Labute approximate surface area is 323 Å². The second-order valence-corrected chi connectivity index (χ2v) is 14.1. The highest BCUT2D eigenvalue weighted by Crippen LogP contribution is 2.38. The van der Waals surface area contributed by atoms with Gasteiger partial charge in [0.25, 0.3) is 0 Å². The van der Waals surface area contributed by atoms with E-state index in [0.29, 0.717) is 5.82 Å². The SMILES string of the molecule is c1ccc(-c2cc(-c3ccccc3)nc(-c3ccc(-n4c5ccccc5c5cc(-c6ccc7c(c6)c6ccccc6n7-c6ccccc6)cnc54)cc3)n2)cc1. The molecule has 0 bridgehead atoms. The van der Waals surface area contributed by atoms with Crippen LogP contribution >= 0.6 is 0 Å². The Morgan fingerprint density at radius 1 is 0.321 bits per heavy atom. The van der Waals surface area contributed by atoms with Gasteiger partial charge in [0.05, 0.1) is 27.9 Å². The third-order valence-electron chi connectivity index (χ3n) is 10.8. The molecule has 0 radical (unpaired) electrons. The van der Waals surface area contributed by atoms with E-state index in [1.54, 1.807) is 0 Å². The monoisotopic (exact) mass is 715 g/mol. The van der Waals surface area contributed by atoms with Gasteiger partial charge in [-0.3, -0.25) is 4.57 Å². The summed E-state index contributed by atoms with van der Waals surface area (Å²) in [7, 11) is 0. The van der Waals surface area contributed by atoms with Crippen molar-refractivity contribution in [3.05, 3.63) is 200 Å². The van der Waals surface area contributed by atoms with Crippen LogP contribution in [0.15, 0.2) is 200 Å². The maximum atomic E-state index is 5.17. The normalized spacial score (nSPS) is 11.6. The second kappa shape index (κ2) is 13.0. The smallest absolute Gasteiger partial charge is 0.160 e. The lowest BCUT2D eigenvalue weighted by Crippen LogP contribution is -1.98. The first-order valence-corrected chi connectivity index (χ1v) is 18.9. The Hall–Kier alpha value is -7.63. The van der Waals surface area contributed by atoms with E-state index < -0.39 is 0 Å². The minimum absolute atomic E-state index is 0.686. The van der Waals surface area contributed by atoms with Gasteiger partial charge in [0.1, 0.15) is 5.65 Å². The summed E-state index contributed by atoms with van der Waals surface area (Å²) in [6, 6.07) is 68.1. The van der Waals surface area contributed by atoms with Gasteiger partial charge in [0.15, 0.2) is 5.82 Å². The molecule has 0 spiro atoms. The summed E-state index contributed by atoms with van der Waals surface area (Å²) in [5.41, 5.74) is 13.6. The fourth-order valence-corrected chi connectivity index (χ4v) is 8.12. The molecule has 0 atom stereocenters. The van der Waals surface area contributed by atoms with Gasteiger partial charge < -0.3 is 4.57 Å². The van der Waals surface area contributed by atoms with Gasteiger partial charge in [-0.1, -0.05) is 121 Å². The van der Waals surface area contributed by atoms with E-state index in [-0.39, 0.29) is 0 Å². The highest BCUT2D eigenvalue weighted by Gasteiger charge is 2.17. The molecule has 0 saturated heterocycles. The molecule has 7 aromatic carbocycles. The first-order chi connectivity index (χ1) is 27.8. The van der Waals surface area contributed by atoms with E-state index in [4.69, 9.17) is 15.0 Å². The molecule has 0 unspecified atom stereocenters. The van der Waals surface area contributed by atoms with Gasteiger partial charge >= 0.3 is 0 Å². The van der Waals surface area contributed by atoms with Crippen molar-refractivity contribution >= 4 is 43.7 Å². The van der Waals surface area contributed by atoms with Gasteiger partial charge in [0, 0.05) is 61.4 Å². The molecule has 4 heterocycles. The fourth-order valence-electron chi connectivity index (χ4n) is 8.12. The van der Waals surface area contributed by atoms with Crippen LogP contribution in [0.25, 0.3) is 100 Å². The first kappa shape index (κ1) is 31.9. The van der Waals surface area contributed by atoms with Gasteiger partial charge in [0.2, 0.25) is 0 Å². The summed E-state index contributed by atoms with van der Waals surface area (Å²) >= 11 is 0. The van der Waals surface area contributed by atoms with Gasteiger partial charge in [-0.2, -0.15) is 0 Å². The van der Waals surface area contributed by atoms with Crippen LogP contribution in [-0.2, 0) is 0 Å². The van der Waals surface area contributed by atoms with Crippen LogP contribution < -0.4 is 0 Å². The maximum Gasteiger partial charge on any atom is 0.160 e. The molecule has 4 aromatic heterocycles. The largest absolute Gasteiger partial charge is 0.309 e. The molecule has 0 aliphatic heterocycles. The zero-order valence-electron chi connectivity index (χ0n) is 30.3. The summed E-state index contributed by atoms with van der Waals surface area (Å²) in [5.74, 6) is 0.686. The molecule has 0 aliphatic carbocycles. The van der Waals surface area contributed by atoms with Crippen molar-refractivity contribution in [1.82, 2.24) is 24.1 Å². The van der Waals surface area contributed by atoms with Crippen molar-refractivity contribution in [1.29, 1.82) is 0 Å². The van der Waals surface area contributed by atoms with Crippen molar-refractivity contribution in [3.63, 3.8) is 0 Å². The standard InChI is InChI=1S/C51H33N5/c1-4-14-34(15-5-1)45-32-46(35-16-6-2-7-17-35)54-50(53-45)36-24-27-40(28-25-36)56-48-23-13-11-21-42(48)44-31-38(33-52-51(44)56)37-26-29-49-43(30-37)41-20-10-12-22-47(41)55(49)39-18-8-3-9-19-39/h1-33H. The number of aromatic nitrogens is 5. The number of rotatable bonds is 6. The average Bonchev–Trinajstić information content (AvgIpc) is 3.79. The molecule has 5 nitrogen and oxygen atoms in total. The van der Waals surface area contributed by atoms with Crippen molar-refractivity contribution in [2.24, 2.45) is 0 Å². The Morgan fingerprint density at radius 3 is 1.48 bits per heavy atom. The molecule has 0 saturated carbocycles. The maximum absolute atomic E-state index is 5.17. The van der Waals surface area contributed by atoms with Crippen LogP contribution in [0.2, 0.25) is 0 Å². The zero-order valence-corrected chi connectivity index (χ0v) is 30.3. The molecule has 0 aliphatic rings. The number of hydrogen-bond donors (Lipinski definition) is 0.